The number of aryl methyl sites for hydroxylation is 3. The predicted octanol–water partition coefficient (Wildman–Crippen LogP) is 2.33. The molecule has 106 valence electrons. The molecule has 0 radical (unpaired) electrons. The van der Waals surface area contributed by atoms with Crippen molar-refractivity contribution in [3.8, 4) is 0 Å². The molecule has 2 atom stereocenters. The number of nitrogens with two attached hydrogens (primary N) is 1. The molecule has 1 aliphatic rings. The van der Waals surface area contributed by atoms with E-state index in [0.717, 1.165) is 19.7 Å². The number of ether oxygens (including phenoxy) is 1. The smallest absolute Gasteiger partial charge is 0.0674 e. The van der Waals surface area contributed by atoms with Gasteiger partial charge >= 0.3 is 0 Å². The Bertz CT molecular complexity index is 445. The lowest BCUT2D eigenvalue weighted by atomic mass is 9.94. The van der Waals surface area contributed by atoms with Crippen molar-refractivity contribution in [1.29, 1.82) is 0 Å². The van der Waals surface area contributed by atoms with Crippen molar-refractivity contribution in [2.45, 2.75) is 39.8 Å². The van der Waals surface area contributed by atoms with Gasteiger partial charge in [0.1, 0.15) is 0 Å². The van der Waals surface area contributed by atoms with Gasteiger partial charge in [-0.3, -0.25) is 4.90 Å². The first-order valence-corrected chi connectivity index (χ1v) is 7.16. The van der Waals surface area contributed by atoms with Crippen molar-refractivity contribution in [3.63, 3.8) is 0 Å². The highest BCUT2D eigenvalue weighted by molar-refractivity contribution is 5.38. The minimum absolute atomic E-state index is 0.301. The van der Waals surface area contributed by atoms with Crippen LogP contribution in [0.2, 0.25) is 0 Å². The second-order valence-corrected chi connectivity index (χ2v) is 5.72. The molecule has 3 nitrogen and oxygen atoms in total. The molecule has 0 aromatic heterocycles. The molecule has 0 spiro atoms. The molecule has 2 unspecified atom stereocenters. The molecule has 0 bridgehead atoms. The van der Waals surface area contributed by atoms with Gasteiger partial charge in [-0.2, -0.15) is 0 Å². The van der Waals surface area contributed by atoms with Crippen LogP contribution in [0.25, 0.3) is 0 Å². The third-order valence-electron chi connectivity index (χ3n) is 4.18. The summed E-state index contributed by atoms with van der Waals surface area (Å²) in [5.74, 6) is 0. The molecular formula is C16H26N2O. The summed E-state index contributed by atoms with van der Waals surface area (Å²) in [4.78, 5) is 2.46. The predicted molar refractivity (Wildman–Crippen MR) is 79.4 cm³/mol. The fraction of sp³-hybridized carbons (Fsp3) is 0.625. The normalized spacial score (nSPS) is 22.5. The van der Waals surface area contributed by atoms with Crippen molar-refractivity contribution < 1.29 is 4.74 Å². The number of nitrogens with zero attached hydrogens (tertiary/aromatic N) is 1. The quantitative estimate of drug-likeness (QED) is 0.908. The zero-order valence-electron chi connectivity index (χ0n) is 12.6. The van der Waals surface area contributed by atoms with Gasteiger partial charge in [-0.1, -0.05) is 12.1 Å². The number of benzene rings is 1. The summed E-state index contributed by atoms with van der Waals surface area (Å²) in [6.07, 6.45) is 0.301. The van der Waals surface area contributed by atoms with Crippen molar-refractivity contribution in [1.82, 2.24) is 4.90 Å². The molecule has 2 rings (SSSR count). The van der Waals surface area contributed by atoms with E-state index in [2.05, 4.69) is 44.7 Å². The third kappa shape index (κ3) is 3.16. The summed E-state index contributed by atoms with van der Waals surface area (Å²) in [5.41, 5.74) is 11.5. The highest BCUT2D eigenvalue weighted by Crippen LogP contribution is 2.27. The number of hydrogen-bond acceptors (Lipinski definition) is 3. The van der Waals surface area contributed by atoms with E-state index in [9.17, 15) is 0 Å². The summed E-state index contributed by atoms with van der Waals surface area (Å²) in [7, 11) is 0. The minimum Gasteiger partial charge on any atom is -0.376 e. The van der Waals surface area contributed by atoms with Gasteiger partial charge in [0.15, 0.2) is 0 Å². The first-order chi connectivity index (χ1) is 9.02. The highest BCUT2D eigenvalue weighted by Gasteiger charge is 2.25. The van der Waals surface area contributed by atoms with Crippen molar-refractivity contribution in [3.05, 3.63) is 34.4 Å². The van der Waals surface area contributed by atoms with E-state index in [0.29, 0.717) is 18.7 Å². The molecule has 1 aromatic rings. The monoisotopic (exact) mass is 262 g/mol. The number of morpholine rings is 1. The Kier molecular flexibility index (Phi) is 4.61. The molecule has 2 N–H and O–H groups in total. The molecule has 1 heterocycles. The highest BCUT2D eigenvalue weighted by atomic mass is 16.5. The average Bonchev–Trinajstić information content (AvgIpc) is 2.36. The Morgan fingerprint density at radius 3 is 2.58 bits per heavy atom. The van der Waals surface area contributed by atoms with Crippen LogP contribution < -0.4 is 5.73 Å². The van der Waals surface area contributed by atoms with E-state index in [4.69, 9.17) is 10.5 Å². The van der Waals surface area contributed by atoms with E-state index in [1.165, 1.54) is 22.3 Å². The Balaban J connectivity index is 2.28. The van der Waals surface area contributed by atoms with Crippen LogP contribution in [-0.2, 0) is 4.74 Å². The zero-order chi connectivity index (χ0) is 14.0. The summed E-state index contributed by atoms with van der Waals surface area (Å²) in [6.45, 7) is 12.1. The summed E-state index contributed by atoms with van der Waals surface area (Å²) >= 11 is 0. The number of rotatable bonds is 3. The molecule has 1 aliphatic heterocycles. The second-order valence-electron chi connectivity index (χ2n) is 5.72. The lowest BCUT2D eigenvalue weighted by Crippen LogP contribution is -2.45. The zero-order valence-corrected chi connectivity index (χ0v) is 12.6. The molecular weight excluding hydrogens is 236 g/mol. The van der Waals surface area contributed by atoms with Crippen LogP contribution in [0.1, 0.15) is 35.2 Å². The van der Waals surface area contributed by atoms with Gasteiger partial charge in [-0.25, -0.2) is 0 Å². The first kappa shape index (κ1) is 14.5. The van der Waals surface area contributed by atoms with E-state index >= 15 is 0 Å². The lowest BCUT2D eigenvalue weighted by Gasteiger charge is -2.37. The van der Waals surface area contributed by atoms with Crippen molar-refractivity contribution in [2.24, 2.45) is 5.73 Å². The van der Waals surface area contributed by atoms with Gasteiger partial charge in [0.05, 0.1) is 12.7 Å². The van der Waals surface area contributed by atoms with Crippen LogP contribution in [0.5, 0.6) is 0 Å². The molecule has 1 saturated heterocycles. The summed E-state index contributed by atoms with van der Waals surface area (Å²) < 4.78 is 5.63. The maximum Gasteiger partial charge on any atom is 0.0674 e. The van der Waals surface area contributed by atoms with Gasteiger partial charge in [-0.15, -0.1) is 0 Å². The molecule has 1 fully saturated rings. The van der Waals surface area contributed by atoms with Crippen LogP contribution in [-0.4, -0.2) is 37.2 Å². The summed E-state index contributed by atoms with van der Waals surface area (Å²) in [5, 5.41) is 0. The van der Waals surface area contributed by atoms with Gasteiger partial charge in [0.2, 0.25) is 0 Å². The first-order valence-electron chi connectivity index (χ1n) is 7.16. The molecule has 1 aromatic carbocycles. The fourth-order valence-corrected chi connectivity index (χ4v) is 2.94. The Morgan fingerprint density at radius 2 is 1.95 bits per heavy atom. The van der Waals surface area contributed by atoms with Crippen LogP contribution in [0.4, 0.5) is 0 Å². The average molecular weight is 262 g/mol. The van der Waals surface area contributed by atoms with Crippen LogP contribution in [0.15, 0.2) is 12.1 Å². The Morgan fingerprint density at radius 1 is 1.26 bits per heavy atom. The van der Waals surface area contributed by atoms with E-state index in [1.54, 1.807) is 0 Å². The molecule has 3 heteroatoms. The molecule has 0 amide bonds. The van der Waals surface area contributed by atoms with Crippen molar-refractivity contribution in [2.75, 3.05) is 26.2 Å². The largest absolute Gasteiger partial charge is 0.376 e. The van der Waals surface area contributed by atoms with Gasteiger partial charge in [0.25, 0.3) is 0 Å². The van der Waals surface area contributed by atoms with E-state index < -0.39 is 0 Å². The SMILES string of the molecule is Cc1cc(C)c(C(CN)N2CCOC(C)C2)cc1C. The number of hydrogen-bond donors (Lipinski definition) is 1. The minimum atomic E-state index is 0.301. The summed E-state index contributed by atoms with van der Waals surface area (Å²) in [6, 6.07) is 4.89. The van der Waals surface area contributed by atoms with E-state index in [1.807, 2.05) is 0 Å². The second kappa shape index (κ2) is 6.04. The van der Waals surface area contributed by atoms with E-state index in [-0.39, 0.29) is 0 Å². The fourth-order valence-electron chi connectivity index (χ4n) is 2.94. The topological polar surface area (TPSA) is 38.5 Å². The maximum absolute atomic E-state index is 6.06. The van der Waals surface area contributed by atoms with Gasteiger partial charge in [0, 0.05) is 25.7 Å². The molecule has 0 saturated carbocycles. The standard InChI is InChI=1S/C16H26N2O/c1-11-7-13(3)15(8-12(11)2)16(9-17)18-5-6-19-14(4)10-18/h7-8,14,16H,5-6,9-10,17H2,1-4H3. The van der Waals surface area contributed by atoms with Crippen LogP contribution in [0.3, 0.4) is 0 Å². The van der Waals surface area contributed by atoms with Crippen LogP contribution in [0, 0.1) is 20.8 Å². The maximum atomic E-state index is 6.06. The molecule has 0 aliphatic carbocycles. The third-order valence-corrected chi connectivity index (χ3v) is 4.18. The van der Waals surface area contributed by atoms with Gasteiger partial charge < -0.3 is 10.5 Å². The van der Waals surface area contributed by atoms with Gasteiger partial charge in [-0.05, 0) is 49.9 Å². The Hall–Kier alpha value is -0.900. The van der Waals surface area contributed by atoms with Crippen LogP contribution >= 0.6 is 0 Å². The molecule has 19 heavy (non-hydrogen) atoms. The Labute approximate surface area is 116 Å². The lowest BCUT2D eigenvalue weighted by molar-refractivity contribution is -0.0333. The van der Waals surface area contributed by atoms with Crippen molar-refractivity contribution >= 4 is 0 Å².